The Labute approximate surface area is 368 Å². The van der Waals surface area contributed by atoms with Crippen LogP contribution in [0.25, 0.3) is 0 Å². The second-order valence-electron chi connectivity index (χ2n) is 21.1. The van der Waals surface area contributed by atoms with Crippen molar-refractivity contribution < 1.29 is 62.6 Å². The molecule has 61 heavy (non-hydrogen) atoms. The van der Waals surface area contributed by atoms with Gasteiger partial charge in [0.25, 0.3) is 0 Å². The lowest BCUT2D eigenvalue weighted by atomic mass is 10.4. The van der Waals surface area contributed by atoms with Crippen molar-refractivity contribution in [3.05, 3.63) is 0 Å². The van der Waals surface area contributed by atoms with Gasteiger partial charge in [-0.15, -0.1) is 0 Å². The van der Waals surface area contributed by atoms with Crippen molar-refractivity contribution in [2.24, 2.45) is 0 Å². The first-order valence-electron chi connectivity index (χ1n) is 24.9. The molecule has 6 saturated heterocycles. The zero-order chi connectivity index (χ0) is 41.2. The molecule has 13 fully saturated rings. The summed E-state index contributed by atoms with van der Waals surface area (Å²) in [5, 5.41) is 0. The summed E-state index contributed by atoms with van der Waals surface area (Å²) in [7, 11) is -33.7. The summed E-state index contributed by atoms with van der Waals surface area (Å²) in [6, 6.07) is -0.496. The number of alkyl halides is 3. The first-order chi connectivity index (χ1) is 29.4. The van der Waals surface area contributed by atoms with Gasteiger partial charge in [0.1, 0.15) is 0 Å². The van der Waals surface area contributed by atoms with Gasteiger partial charge in [-0.1, -0.05) is 89.9 Å². The van der Waals surface area contributed by atoms with Crippen LogP contribution in [-0.2, 0) is 49.4 Å². The van der Waals surface area contributed by atoms with Gasteiger partial charge in [0.05, 0.1) is 0 Å². The number of hydrogen-bond acceptors (Lipinski definition) is 12. The minimum Gasteiger partial charge on any atom is -0.373 e. The van der Waals surface area contributed by atoms with E-state index in [4.69, 9.17) is 49.4 Å². The van der Waals surface area contributed by atoms with Gasteiger partial charge in [0.2, 0.25) is 0 Å². The van der Waals surface area contributed by atoms with Crippen LogP contribution in [0, 0.1) is 0 Å². The third kappa shape index (κ3) is 7.27. The SMILES string of the molecule is FC(F)(F)CC[Si]12O[Si]3(C4CCCC4)O[Si]4(C5CCCC5)O[Si](C5CCCC5)(O1)O[Si]1(C5CCCC5)O[Si](C5CCCC5)(O2)O[Si](C2CCCC2)(O3)O[Si](C2CCCC2)(O4)O1. The van der Waals surface area contributed by atoms with E-state index in [1.54, 1.807) is 0 Å². The molecule has 0 amide bonds. The highest BCUT2D eigenvalue weighted by Crippen LogP contribution is 2.66. The molecule has 0 aromatic carbocycles. The maximum atomic E-state index is 15.0. The minimum absolute atomic E-state index is 0.0373. The Morgan fingerprint density at radius 1 is 0.279 bits per heavy atom. The van der Waals surface area contributed by atoms with Crippen molar-refractivity contribution in [3.8, 4) is 0 Å². The maximum absolute atomic E-state index is 15.0. The van der Waals surface area contributed by atoms with Crippen molar-refractivity contribution >= 4 is 70.4 Å². The molecule has 6 aliphatic heterocycles. The van der Waals surface area contributed by atoms with E-state index in [9.17, 15) is 13.2 Å². The molecule has 0 aromatic rings. The highest BCUT2D eigenvalue weighted by Gasteiger charge is 2.88. The summed E-state index contributed by atoms with van der Waals surface area (Å²) in [4.78, 5) is 0. The zero-order valence-electron chi connectivity index (χ0n) is 35.8. The molecular formula is C38H67F3O12Si8. The van der Waals surface area contributed by atoms with Crippen LogP contribution < -0.4 is 0 Å². The minimum atomic E-state index is -4.62. The second kappa shape index (κ2) is 15.8. The molecule has 344 valence electrons. The monoisotopic (exact) mass is 996 g/mol. The fourth-order valence-electron chi connectivity index (χ4n) is 14.1. The molecule has 23 heteroatoms. The van der Waals surface area contributed by atoms with Crippen LogP contribution in [0.5, 0.6) is 0 Å². The van der Waals surface area contributed by atoms with E-state index in [2.05, 4.69) is 0 Å². The first kappa shape index (κ1) is 43.3. The number of rotatable bonds is 9. The maximum Gasteiger partial charge on any atom is 0.482 e. The Morgan fingerprint density at radius 2 is 0.443 bits per heavy atom. The fourth-order valence-corrected chi connectivity index (χ4v) is 70.2. The molecule has 12 nitrogen and oxygen atoms in total. The first-order valence-corrected chi connectivity index (χ1v) is 39.5. The average Bonchev–Trinajstić information content (AvgIpc) is 4.07. The lowest BCUT2D eigenvalue weighted by Crippen LogP contribution is -2.90. The van der Waals surface area contributed by atoms with Crippen molar-refractivity contribution in [2.45, 2.75) is 237 Å². The van der Waals surface area contributed by atoms with Crippen LogP contribution in [0.15, 0.2) is 0 Å². The van der Waals surface area contributed by atoms with E-state index in [0.29, 0.717) is 0 Å². The summed E-state index contributed by atoms with van der Waals surface area (Å²) in [5.74, 6) is 0. The van der Waals surface area contributed by atoms with Gasteiger partial charge in [-0.25, -0.2) is 0 Å². The van der Waals surface area contributed by atoms with Gasteiger partial charge in [-0.3, -0.25) is 0 Å². The van der Waals surface area contributed by atoms with Crippen LogP contribution in [0.4, 0.5) is 13.2 Å². The third-order valence-corrected chi connectivity index (χ3v) is 56.7. The van der Waals surface area contributed by atoms with Gasteiger partial charge < -0.3 is 49.4 Å². The molecular weight excluding hydrogens is 930 g/mol. The summed E-state index contributed by atoms with van der Waals surface area (Å²) in [6.45, 7) is 0. The number of halogens is 3. The lowest BCUT2D eigenvalue weighted by Gasteiger charge is -2.66. The fraction of sp³-hybridized carbons (Fsp3) is 1.00. The molecule has 0 spiro atoms. The zero-order valence-corrected chi connectivity index (χ0v) is 43.8. The second-order valence-corrected chi connectivity index (χ2v) is 46.9. The topological polar surface area (TPSA) is 111 Å². The van der Waals surface area contributed by atoms with Gasteiger partial charge in [0.15, 0.2) is 0 Å². The van der Waals surface area contributed by atoms with Crippen LogP contribution in [0.2, 0.25) is 44.8 Å². The smallest absolute Gasteiger partial charge is 0.373 e. The van der Waals surface area contributed by atoms with E-state index in [-0.39, 0.29) is 38.8 Å². The molecule has 13 rings (SSSR count). The molecule has 8 bridgehead atoms. The lowest BCUT2D eigenvalue weighted by molar-refractivity contribution is -0.133. The predicted octanol–water partition coefficient (Wildman–Crippen LogP) is 11.3. The van der Waals surface area contributed by atoms with Crippen LogP contribution >= 0.6 is 0 Å². The third-order valence-electron chi connectivity index (χ3n) is 17.2. The summed E-state index contributed by atoms with van der Waals surface area (Å²) in [5.41, 5.74) is -0.951. The summed E-state index contributed by atoms with van der Waals surface area (Å²) >= 11 is 0. The van der Waals surface area contributed by atoms with Gasteiger partial charge >= 0.3 is 76.6 Å². The molecule has 7 aliphatic carbocycles. The van der Waals surface area contributed by atoms with E-state index >= 15 is 0 Å². The highest BCUT2D eigenvalue weighted by molar-refractivity contribution is 7.04. The molecule has 0 N–H and O–H groups in total. The molecule has 0 unspecified atom stereocenters. The molecule has 6 heterocycles. The van der Waals surface area contributed by atoms with Gasteiger partial charge in [0, 0.05) is 51.3 Å². The van der Waals surface area contributed by atoms with Crippen molar-refractivity contribution in [1.29, 1.82) is 0 Å². The van der Waals surface area contributed by atoms with E-state index in [1.165, 1.54) is 0 Å². The van der Waals surface area contributed by atoms with Crippen LogP contribution in [0.3, 0.4) is 0 Å². The quantitative estimate of drug-likeness (QED) is 0.205. The average molecular weight is 998 g/mol. The largest absolute Gasteiger partial charge is 0.482 e. The predicted molar refractivity (Wildman–Crippen MR) is 230 cm³/mol. The Balaban J connectivity index is 1.18. The summed E-state index contributed by atoms with van der Waals surface area (Å²) in [6.07, 6.45) is 19.6. The normalized spacial score (nSPS) is 48.4. The molecule has 13 aliphatic rings. The Hall–Kier alpha value is 1.05. The van der Waals surface area contributed by atoms with E-state index in [1.807, 2.05) is 0 Å². The Morgan fingerprint density at radius 3 is 0.607 bits per heavy atom. The van der Waals surface area contributed by atoms with Gasteiger partial charge in [-0.05, 0) is 89.9 Å². The number of hydrogen-bond donors (Lipinski definition) is 0. The van der Waals surface area contributed by atoms with Crippen molar-refractivity contribution in [1.82, 2.24) is 0 Å². The van der Waals surface area contributed by atoms with Crippen LogP contribution in [-0.4, -0.2) is 76.6 Å². The Kier molecular flexibility index (Phi) is 11.2. The summed E-state index contributed by atoms with van der Waals surface area (Å²) < 4.78 is 143. The van der Waals surface area contributed by atoms with Gasteiger partial charge in [-0.2, -0.15) is 13.2 Å². The van der Waals surface area contributed by atoms with Crippen molar-refractivity contribution in [2.75, 3.05) is 0 Å². The van der Waals surface area contributed by atoms with Crippen LogP contribution in [0.1, 0.15) is 186 Å². The molecule has 0 atom stereocenters. The molecule has 7 saturated carbocycles. The van der Waals surface area contributed by atoms with E-state index < -0.39 is 89.1 Å². The Bertz CT molecular complexity index is 1460. The molecule has 0 radical (unpaired) electrons. The highest BCUT2D eigenvalue weighted by atomic mass is 28.6. The molecule has 0 aromatic heterocycles. The standard InChI is InChI=1S/C38H67F3O12Si8/c39-38(40,41)29-30-54-42-55(31-15-1-2-16-31)45-58(34-21-7-8-22-34)47-56(43-54,32-17-3-4-18-32)49-60(36-25-11-12-26-36)50-57(44-54,33-19-5-6-20-33)48-59(46-55,35-23-9-10-24-35)52-61(51-58,53-60)37-27-13-14-28-37/h31-37H,1-30H2. The van der Waals surface area contributed by atoms with Crippen molar-refractivity contribution in [3.63, 3.8) is 0 Å². The van der Waals surface area contributed by atoms with E-state index in [0.717, 1.165) is 180 Å².